The number of ether oxygens (including phenoxy) is 1. The number of hydrogen-bond acceptors (Lipinski definition) is 6. The number of nitrogens with one attached hydrogen (secondary N) is 1. The first kappa shape index (κ1) is 12.6. The summed E-state index contributed by atoms with van der Waals surface area (Å²) in [6.45, 7) is 3.16. The summed E-state index contributed by atoms with van der Waals surface area (Å²) in [4.78, 5) is 10.6. The molecule has 1 aromatic rings. The highest BCUT2D eigenvalue weighted by molar-refractivity contribution is 5.49. The lowest BCUT2D eigenvalue weighted by Gasteiger charge is -2.17. The van der Waals surface area contributed by atoms with Gasteiger partial charge in [-0.15, -0.1) is 0 Å². The molecule has 2 atom stereocenters. The smallest absolute Gasteiger partial charge is 0.134 e. The van der Waals surface area contributed by atoms with Gasteiger partial charge in [0.1, 0.15) is 18.0 Å². The van der Waals surface area contributed by atoms with Gasteiger partial charge in [0.05, 0.1) is 12.2 Å². The van der Waals surface area contributed by atoms with Gasteiger partial charge in [-0.25, -0.2) is 9.97 Å². The number of aliphatic hydroxyl groups excluding tert-OH is 1. The van der Waals surface area contributed by atoms with Gasteiger partial charge in [0.15, 0.2) is 0 Å². The predicted molar refractivity (Wildman–Crippen MR) is 72.3 cm³/mol. The van der Waals surface area contributed by atoms with Gasteiger partial charge in [0, 0.05) is 32.3 Å². The second-order valence-electron chi connectivity index (χ2n) is 5.17. The Bertz CT molecular complexity index is 423. The van der Waals surface area contributed by atoms with Crippen LogP contribution in [0.25, 0.3) is 0 Å². The van der Waals surface area contributed by atoms with Crippen molar-refractivity contribution >= 4 is 11.6 Å². The summed E-state index contributed by atoms with van der Waals surface area (Å²) in [5.74, 6) is 1.70. The third-order valence-corrected chi connectivity index (χ3v) is 3.67. The van der Waals surface area contributed by atoms with Gasteiger partial charge in [-0.3, -0.25) is 0 Å². The van der Waals surface area contributed by atoms with E-state index in [0.29, 0.717) is 12.6 Å². The SMILES string of the molecule is OC1CCN(c2cc(NCC3CCCO3)ncn2)C1. The van der Waals surface area contributed by atoms with E-state index in [1.54, 1.807) is 6.33 Å². The predicted octanol–water partition coefficient (Wildman–Crippen LogP) is 0.638. The fourth-order valence-corrected chi connectivity index (χ4v) is 2.59. The molecule has 3 heterocycles. The van der Waals surface area contributed by atoms with E-state index in [-0.39, 0.29) is 6.10 Å². The molecule has 2 unspecified atom stereocenters. The van der Waals surface area contributed by atoms with Gasteiger partial charge in [-0.1, -0.05) is 0 Å². The van der Waals surface area contributed by atoms with Crippen LogP contribution in [0.3, 0.4) is 0 Å². The molecule has 2 aliphatic heterocycles. The minimum Gasteiger partial charge on any atom is -0.391 e. The molecule has 0 saturated carbocycles. The quantitative estimate of drug-likeness (QED) is 0.831. The van der Waals surface area contributed by atoms with E-state index in [4.69, 9.17) is 4.74 Å². The Hall–Kier alpha value is -1.40. The number of aromatic nitrogens is 2. The molecule has 2 fully saturated rings. The van der Waals surface area contributed by atoms with Crippen LogP contribution in [-0.2, 0) is 4.74 Å². The summed E-state index contributed by atoms with van der Waals surface area (Å²) in [5.41, 5.74) is 0. The summed E-state index contributed by atoms with van der Waals surface area (Å²) in [6.07, 6.45) is 4.70. The topological polar surface area (TPSA) is 70.5 Å². The Morgan fingerprint density at radius 3 is 3.11 bits per heavy atom. The number of nitrogens with zero attached hydrogens (tertiary/aromatic N) is 3. The fraction of sp³-hybridized carbons (Fsp3) is 0.692. The highest BCUT2D eigenvalue weighted by Gasteiger charge is 2.21. The zero-order chi connectivity index (χ0) is 13.1. The van der Waals surface area contributed by atoms with Crippen molar-refractivity contribution in [3.05, 3.63) is 12.4 Å². The molecule has 2 N–H and O–H groups in total. The van der Waals surface area contributed by atoms with E-state index in [0.717, 1.165) is 50.6 Å². The third-order valence-electron chi connectivity index (χ3n) is 3.67. The zero-order valence-corrected chi connectivity index (χ0v) is 11.0. The Balaban J connectivity index is 1.59. The van der Waals surface area contributed by atoms with Gasteiger partial charge < -0.3 is 20.1 Å². The first-order chi connectivity index (χ1) is 9.31. The molecule has 2 saturated heterocycles. The van der Waals surface area contributed by atoms with Gasteiger partial charge in [0.25, 0.3) is 0 Å². The van der Waals surface area contributed by atoms with Crippen molar-refractivity contribution in [2.45, 2.75) is 31.5 Å². The lowest BCUT2D eigenvalue weighted by molar-refractivity contribution is 0.120. The van der Waals surface area contributed by atoms with Crippen molar-refractivity contribution in [1.29, 1.82) is 0 Å². The normalized spacial score (nSPS) is 26.9. The molecular formula is C13H20N4O2. The van der Waals surface area contributed by atoms with E-state index in [9.17, 15) is 5.11 Å². The lowest BCUT2D eigenvalue weighted by Crippen LogP contribution is -2.23. The number of aliphatic hydroxyl groups is 1. The maximum Gasteiger partial charge on any atom is 0.134 e. The number of rotatable bonds is 4. The molecule has 0 bridgehead atoms. The van der Waals surface area contributed by atoms with Crippen LogP contribution < -0.4 is 10.2 Å². The van der Waals surface area contributed by atoms with Crippen LogP contribution in [0.1, 0.15) is 19.3 Å². The molecule has 1 aromatic heterocycles. The molecule has 0 amide bonds. The van der Waals surface area contributed by atoms with Gasteiger partial charge in [0.2, 0.25) is 0 Å². The van der Waals surface area contributed by atoms with Crippen molar-refractivity contribution in [3.8, 4) is 0 Å². The van der Waals surface area contributed by atoms with Crippen molar-refractivity contribution in [2.75, 3.05) is 36.5 Å². The molecule has 0 radical (unpaired) electrons. The maximum atomic E-state index is 9.56. The van der Waals surface area contributed by atoms with Crippen molar-refractivity contribution < 1.29 is 9.84 Å². The molecule has 104 valence electrons. The van der Waals surface area contributed by atoms with E-state index in [1.807, 2.05) is 6.07 Å². The van der Waals surface area contributed by atoms with E-state index in [2.05, 4.69) is 20.2 Å². The van der Waals surface area contributed by atoms with Crippen molar-refractivity contribution in [1.82, 2.24) is 9.97 Å². The monoisotopic (exact) mass is 264 g/mol. The molecule has 3 rings (SSSR count). The van der Waals surface area contributed by atoms with E-state index >= 15 is 0 Å². The second-order valence-corrected chi connectivity index (χ2v) is 5.17. The molecule has 0 aromatic carbocycles. The molecule has 6 nitrogen and oxygen atoms in total. The lowest BCUT2D eigenvalue weighted by atomic mass is 10.2. The summed E-state index contributed by atoms with van der Waals surface area (Å²) < 4.78 is 5.57. The van der Waals surface area contributed by atoms with Gasteiger partial charge in [-0.05, 0) is 19.3 Å². The molecule has 2 aliphatic rings. The van der Waals surface area contributed by atoms with Crippen molar-refractivity contribution in [3.63, 3.8) is 0 Å². The Labute approximate surface area is 112 Å². The molecule has 6 heteroatoms. The molecule has 0 spiro atoms. The van der Waals surface area contributed by atoms with Gasteiger partial charge in [-0.2, -0.15) is 0 Å². The number of anilines is 2. The molecule has 0 aliphatic carbocycles. The van der Waals surface area contributed by atoms with Crippen molar-refractivity contribution in [2.24, 2.45) is 0 Å². The van der Waals surface area contributed by atoms with Crippen LogP contribution in [-0.4, -0.2) is 53.5 Å². The minimum absolute atomic E-state index is 0.238. The zero-order valence-electron chi connectivity index (χ0n) is 11.0. The summed E-state index contributed by atoms with van der Waals surface area (Å²) in [5, 5.41) is 12.9. The average Bonchev–Trinajstić information content (AvgIpc) is 3.08. The maximum absolute atomic E-state index is 9.56. The Morgan fingerprint density at radius 2 is 2.37 bits per heavy atom. The average molecular weight is 264 g/mol. The van der Waals surface area contributed by atoms with Crippen LogP contribution in [0.5, 0.6) is 0 Å². The van der Waals surface area contributed by atoms with E-state index < -0.39 is 0 Å². The van der Waals surface area contributed by atoms with Crippen LogP contribution in [0, 0.1) is 0 Å². The van der Waals surface area contributed by atoms with Gasteiger partial charge >= 0.3 is 0 Å². The van der Waals surface area contributed by atoms with Crippen LogP contribution in [0.2, 0.25) is 0 Å². The minimum atomic E-state index is -0.238. The largest absolute Gasteiger partial charge is 0.391 e. The van der Waals surface area contributed by atoms with Crippen LogP contribution >= 0.6 is 0 Å². The fourth-order valence-electron chi connectivity index (χ4n) is 2.59. The number of hydrogen-bond donors (Lipinski definition) is 2. The van der Waals surface area contributed by atoms with E-state index in [1.165, 1.54) is 0 Å². The first-order valence-corrected chi connectivity index (χ1v) is 6.92. The van der Waals surface area contributed by atoms with Crippen LogP contribution in [0.15, 0.2) is 12.4 Å². The second kappa shape index (κ2) is 5.71. The summed E-state index contributed by atoms with van der Waals surface area (Å²) in [6, 6.07) is 1.94. The molecule has 19 heavy (non-hydrogen) atoms. The highest BCUT2D eigenvalue weighted by atomic mass is 16.5. The first-order valence-electron chi connectivity index (χ1n) is 6.92. The third kappa shape index (κ3) is 3.13. The highest BCUT2D eigenvalue weighted by Crippen LogP contribution is 2.20. The molecular weight excluding hydrogens is 244 g/mol. The Kier molecular flexibility index (Phi) is 3.79. The summed E-state index contributed by atoms with van der Waals surface area (Å²) in [7, 11) is 0. The Morgan fingerprint density at radius 1 is 1.42 bits per heavy atom. The summed E-state index contributed by atoms with van der Waals surface area (Å²) >= 11 is 0. The standard InChI is InChI=1S/C13H20N4O2/c18-10-3-4-17(8-10)13-6-12(15-9-16-13)14-7-11-2-1-5-19-11/h6,9-11,18H,1-5,7-8H2,(H,14,15,16). The number of β-amino-alcohol motifs (C(OH)–C–C–N with tert-alkyl or cyclic N) is 1. The van der Waals surface area contributed by atoms with Crippen LogP contribution in [0.4, 0.5) is 11.6 Å².